The summed E-state index contributed by atoms with van der Waals surface area (Å²) in [5, 5.41) is 21.1. The normalized spacial score (nSPS) is 14.4. The standard InChI is InChI=1S/C13H19ClN2O3/c1-8(2)3-6-12(17)13(15)10-7-9(16(18)19)4-5-11(10)14/h4-5,7-8,12-13,17H,3,6,15H2,1-2H3/t12-,13+/m1/s1. The van der Waals surface area contributed by atoms with Gasteiger partial charge in [-0.25, -0.2) is 0 Å². The van der Waals surface area contributed by atoms with E-state index in [0.717, 1.165) is 6.42 Å². The molecule has 0 fully saturated rings. The van der Waals surface area contributed by atoms with E-state index in [2.05, 4.69) is 13.8 Å². The minimum absolute atomic E-state index is 0.0779. The van der Waals surface area contributed by atoms with Crippen LogP contribution in [0.3, 0.4) is 0 Å². The summed E-state index contributed by atoms with van der Waals surface area (Å²) in [6, 6.07) is 3.36. The van der Waals surface area contributed by atoms with Crippen molar-refractivity contribution < 1.29 is 10.0 Å². The lowest BCUT2D eigenvalue weighted by molar-refractivity contribution is -0.384. The van der Waals surface area contributed by atoms with Gasteiger partial charge in [0.05, 0.1) is 17.1 Å². The maximum Gasteiger partial charge on any atom is 0.269 e. The Bertz CT molecular complexity index is 452. The summed E-state index contributed by atoms with van der Waals surface area (Å²) in [7, 11) is 0. The highest BCUT2D eigenvalue weighted by Gasteiger charge is 2.21. The van der Waals surface area contributed by atoms with E-state index >= 15 is 0 Å². The third-order valence-corrected chi connectivity index (χ3v) is 3.35. The Morgan fingerprint density at radius 2 is 2.05 bits per heavy atom. The van der Waals surface area contributed by atoms with Crippen molar-refractivity contribution in [3.8, 4) is 0 Å². The number of nitrogens with zero attached hydrogens (tertiary/aromatic N) is 1. The summed E-state index contributed by atoms with van der Waals surface area (Å²) in [6.45, 7) is 4.11. The van der Waals surface area contributed by atoms with Gasteiger partial charge in [0.15, 0.2) is 0 Å². The quantitative estimate of drug-likeness (QED) is 0.621. The van der Waals surface area contributed by atoms with Gasteiger partial charge in [-0.2, -0.15) is 0 Å². The van der Waals surface area contributed by atoms with E-state index in [-0.39, 0.29) is 5.69 Å². The van der Waals surface area contributed by atoms with Crippen molar-refractivity contribution in [2.75, 3.05) is 0 Å². The van der Waals surface area contributed by atoms with Gasteiger partial charge in [-0.3, -0.25) is 10.1 Å². The molecule has 1 aromatic carbocycles. The van der Waals surface area contributed by atoms with Crippen molar-refractivity contribution in [2.24, 2.45) is 11.7 Å². The summed E-state index contributed by atoms with van der Waals surface area (Å²) < 4.78 is 0. The number of nitro benzene ring substituents is 1. The fourth-order valence-electron chi connectivity index (χ4n) is 1.79. The molecule has 0 heterocycles. The lowest BCUT2D eigenvalue weighted by atomic mass is 9.95. The van der Waals surface area contributed by atoms with E-state index in [1.54, 1.807) is 0 Å². The first-order valence-electron chi connectivity index (χ1n) is 6.20. The second kappa shape index (κ2) is 6.84. The summed E-state index contributed by atoms with van der Waals surface area (Å²) in [5.41, 5.74) is 6.27. The van der Waals surface area contributed by atoms with E-state index in [1.165, 1.54) is 18.2 Å². The molecule has 0 amide bonds. The van der Waals surface area contributed by atoms with Gasteiger partial charge in [0, 0.05) is 17.2 Å². The molecule has 5 nitrogen and oxygen atoms in total. The fraction of sp³-hybridized carbons (Fsp3) is 0.538. The first-order chi connectivity index (χ1) is 8.82. The summed E-state index contributed by atoms with van der Waals surface area (Å²) in [5.74, 6) is 0.461. The average Bonchev–Trinajstić information content (AvgIpc) is 2.35. The highest BCUT2D eigenvalue weighted by atomic mass is 35.5. The Morgan fingerprint density at radius 3 is 2.58 bits per heavy atom. The lowest BCUT2D eigenvalue weighted by Gasteiger charge is -2.20. The molecule has 0 saturated heterocycles. The maximum absolute atomic E-state index is 10.7. The first kappa shape index (κ1) is 15.9. The van der Waals surface area contributed by atoms with Crippen LogP contribution < -0.4 is 5.73 Å². The Kier molecular flexibility index (Phi) is 5.72. The van der Waals surface area contributed by atoms with Gasteiger partial charge in [-0.05, 0) is 30.4 Å². The second-order valence-corrected chi connectivity index (χ2v) is 5.43. The molecule has 0 spiro atoms. The molecule has 0 bridgehead atoms. The van der Waals surface area contributed by atoms with Crippen molar-refractivity contribution in [1.82, 2.24) is 0 Å². The van der Waals surface area contributed by atoms with Gasteiger partial charge in [-0.1, -0.05) is 25.4 Å². The Labute approximate surface area is 117 Å². The molecule has 0 radical (unpaired) electrons. The van der Waals surface area contributed by atoms with Crippen molar-refractivity contribution in [3.63, 3.8) is 0 Å². The Balaban J connectivity index is 2.88. The smallest absolute Gasteiger partial charge is 0.269 e. The number of rotatable bonds is 6. The highest BCUT2D eigenvalue weighted by Crippen LogP contribution is 2.29. The largest absolute Gasteiger partial charge is 0.391 e. The molecule has 0 unspecified atom stereocenters. The van der Waals surface area contributed by atoms with Gasteiger partial charge in [0.1, 0.15) is 0 Å². The number of aliphatic hydroxyl groups is 1. The third-order valence-electron chi connectivity index (χ3n) is 3.00. The van der Waals surface area contributed by atoms with Crippen LogP contribution in [-0.4, -0.2) is 16.1 Å². The van der Waals surface area contributed by atoms with Crippen LogP contribution in [0.4, 0.5) is 5.69 Å². The zero-order valence-electron chi connectivity index (χ0n) is 11.0. The molecule has 0 aliphatic carbocycles. The number of halogens is 1. The van der Waals surface area contributed by atoms with Gasteiger partial charge < -0.3 is 10.8 Å². The van der Waals surface area contributed by atoms with Gasteiger partial charge >= 0.3 is 0 Å². The zero-order valence-corrected chi connectivity index (χ0v) is 11.8. The summed E-state index contributed by atoms with van der Waals surface area (Å²) >= 11 is 5.99. The van der Waals surface area contributed by atoms with E-state index in [1.807, 2.05) is 0 Å². The number of aliphatic hydroxyl groups excluding tert-OH is 1. The molecule has 0 aliphatic rings. The molecular formula is C13H19ClN2O3. The van der Waals surface area contributed by atoms with Crippen LogP contribution in [0.25, 0.3) is 0 Å². The van der Waals surface area contributed by atoms with Crippen LogP contribution >= 0.6 is 11.6 Å². The zero-order chi connectivity index (χ0) is 14.6. The molecule has 106 valence electrons. The SMILES string of the molecule is CC(C)CC[C@@H](O)[C@@H](N)c1cc([N+](=O)[O-])ccc1Cl. The Morgan fingerprint density at radius 1 is 1.42 bits per heavy atom. The third kappa shape index (κ3) is 4.45. The van der Waals surface area contributed by atoms with E-state index in [9.17, 15) is 15.2 Å². The van der Waals surface area contributed by atoms with E-state index in [0.29, 0.717) is 22.9 Å². The predicted octanol–water partition coefficient (Wildman–Crippen LogP) is 3.05. The summed E-state index contributed by atoms with van der Waals surface area (Å²) in [6.07, 6.45) is 0.612. The molecule has 1 rings (SSSR count). The summed E-state index contributed by atoms with van der Waals surface area (Å²) in [4.78, 5) is 10.2. The fourth-order valence-corrected chi connectivity index (χ4v) is 2.03. The molecule has 2 atom stereocenters. The topological polar surface area (TPSA) is 89.4 Å². The van der Waals surface area contributed by atoms with Crippen LogP contribution in [0.5, 0.6) is 0 Å². The highest BCUT2D eigenvalue weighted by molar-refractivity contribution is 6.31. The Hall–Kier alpha value is -1.17. The molecule has 19 heavy (non-hydrogen) atoms. The van der Waals surface area contributed by atoms with Crippen LogP contribution in [0, 0.1) is 16.0 Å². The molecule has 0 aliphatic heterocycles. The van der Waals surface area contributed by atoms with Gasteiger partial charge in [0.25, 0.3) is 5.69 Å². The first-order valence-corrected chi connectivity index (χ1v) is 6.58. The van der Waals surface area contributed by atoms with Crippen LogP contribution in [0.1, 0.15) is 38.3 Å². The average molecular weight is 287 g/mol. The van der Waals surface area contributed by atoms with Crippen molar-refractivity contribution in [3.05, 3.63) is 38.9 Å². The predicted molar refractivity (Wildman–Crippen MR) is 75.1 cm³/mol. The molecular weight excluding hydrogens is 268 g/mol. The second-order valence-electron chi connectivity index (χ2n) is 5.03. The minimum Gasteiger partial charge on any atom is -0.391 e. The number of benzene rings is 1. The van der Waals surface area contributed by atoms with Crippen molar-refractivity contribution >= 4 is 17.3 Å². The lowest BCUT2D eigenvalue weighted by Crippen LogP contribution is -2.26. The molecule has 0 saturated carbocycles. The van der Waals surface area contributed by atoms with Gasteiger partial charge in [-0.15, -0.1) is 0 Å². The number of hydrogen-bond donors (Lipinski definition) is 2. The van der Waals surface area contributed by atoms with Crippen molar-refractivity contribution in [2.45, 2.75) is 38.8 Å². The van der Waals surface area contributed by atoms with E-state index < -0.39 is 17.1 Å². The van der Waals surface area contributed by atoms with Gasteiger partial charge in [0.2, 0.25) is 0 Å². The molecule has 1 aromatic rings. The minimum atomic E-state index is -0.762. The number of nitro groups is 1. The van der Waals surface area contributed by atoms with Crippen LogP contribution in [0.15, 0.2) is 18.2 Å². The molecule has 3 N–H and O–H groups in total. The maximum atomic E-state index is 10.7. The number of nitrogens with two attached hydrogens (primary N) is 1. The van der Waals surface area contributed by atoms with Crippen LogP contribution in [-0.2, 0) is 0 Å². The number of hydrogen-bond acceptors (Lipinski definition) is 4. The van der Waals surface area contributed by atoms with Crippen LogP contribution in [0.2, 0.25) is 5.02 Å². The number of non-ortho nitro benzene ring substituents is 1. The molecule has 6 heteroatoms. The monoisotopic (exact) mass is 286 g/mol. The van der Waals surface area contributed by atoms with E-state index in [4.69, 9.17) is 17.3 Å². The molecule has 0 aromatic heterocycles. The van der Waals surface area contributed by atoms with Crippen molar-refractivity contribution in [1.29, 1.82) is 0 Å².